The molecule has 9 heteroatoms. The van der Waals surface area contributed by atoms with E-state index in [0.717, 1.165) is 55.5 Å². The summed E-state index contributed by atoms with van der Waals surface area (Å²) in [5.74, 6) is 2.66. The van der Waals surface area contributed by atoms with Gasteiger partial charge < -0.3 is 14.4 Å². The van der Waals surface area contributed by atoms with Gasteiger partial charge in [-0.3, -0.25) is 4.90 Å². The number of hydrogen-bond donors (Lipinski definition) is 0. The molecule has 1 saturated heterocycles. The SMILES string of the molecule is CCC(c1nnnn1Cc1ccc(OC)cc1)N1CCN(c2ccc(OC)cc2)CC1.Cl. The zero-order valence-electron chi connectivity index (χ0n) is 18.8. The predicted molar refractivity (Wildman–Crippen MR) is 127 cm³/mol. The first-order valence-electron chi connectivity index (χ1n) is 10.7. The Labute approximate surface area is 195 Å². The van der Waals surface area contributed by atoms with Crippen molar-refractivity contribution in [3.8, 4) is 11.5 Å². The normalized spacial score (nSPS) is 15.2. The van der Waals surface area contributed by atoms with E-state index in [9.17, 15) is 0 Å². The first kappa shape index (κ1) is 23.8. The summed E-state index contributed by atoms with van der Waals surface area (Å²) >= 11 is 0. The van der Waals surface area contributed by atoms with Gasteiger partial charge in [0, 0.05) is 31.9 Å². The average Bonchev–Trinajstić information content (AvgIpc) is 3.28. The zero-order valence-corrected chi connectivity index (χ0v) is 19.7. The Bertz CT molecular complexity index is 955. The lowest BCUT2D eigenvalue weighted by Gasteiger charge is -2.39. The van der Waals surface area contributed by atoms with Gasteiger partial charge in [0.15, 0.2) is 5.82 Å². The lowest BCUT2D eigenvalue weighted by molar-refractivity contribution is 0.169. The molecule has 0 bridgehead atoms. The highest BCUT2D eigenvalue weighted by Gasteiger charge is 2.28. The van der Waals surface area contributed by atoms with Gasteiger partial charge in [0.2, 0.25) is 0 Å². The summed E-state index contributed by atoms with van der Waals surface area (Å²) in [5, 5.41) is 12.7. The number of ether oxygens (including phenoxy) is 2. The number of aromatic nitrogens is 4. The Hall–Kier alpha value is -2.84. The van der Waals surface area contributed by atoms with Crippen LogP contribution in [0.1, 0.15) is 30.8 Å². The van der Waals surface area contributed by atoms with Crippen molar-refractivity contribution in [3.63, 3.8) is 0 Å². The molecule has 1 aliphatic heterocycles. The van der Waals surface area contributed by atoms with Crippen LogP contribution >= 0.6 is 12.4 Å². The molecule has 1 atom stereocenters. The molecule has 1 unspecified atom stereocenters. The maximum absolute atomic E-state index is 5.27. The third-order valence-electron chi connectivity index (χ3n) is 5.93. The van der Waals surface area contributed by atoms with Crippen LogP contribution in [-0.4, -0.2) is 65.5 Å². The van der Waals surface area contributed by atoms with Crippen molar-refractivity contribution in [2.75, 3.05) is 45.3 Å². The fourth-order valence-electron chi connectivity index (χ4n) is 4.16. The van der Waals surface area contributed by atoms with Crippen LogP contribution in [0.3, 0.4) is 0 Å². The van der Waals surface area contributed by atoms with Gasteiger partial charge in [-0.2, -0.15) is 0 Å². The smallest absolute Gasteiger partial charge is 0.168 e. The summed E-state index contributed by atoms with van der Waals surface area (Å²) in [6.45, 7) is 6.74. The van der Waals surface area contributed by atoms with Crippen LogP contribution in [0.5, 0.6) is 11.5 Å². The third kappa shape index (κ3) is 5.31. The number of rotatable bonds is 8. The minimum atomic E-state index is 0. The molecule has 8 nitrogen and oxygen atoms in total. The molecule has 0 aliphatic carbocycles. The number of methoxy groups -OCH3 is 2. The van der Waals surface area contributed by atoms with Gasteiger partial charge in [-0.25, -0.2) is 4.68 Å². The molecule has 0 spiro atoms. The number of halogens is 1. The lowest BCUT2D eigenvalue weighted by atomic mass is 10.1. The summed E-state index contributed by atoms with van der Waals surface area (Å²) < 4.78 is 12.4. The van der Waals surface area contributed by atoms with Gasteiger partial charge in [0.1, 0.15) is 11.5 Å². The van der Waals surface area contributed by atoms with Crippen LogP contribution in [0.15, 0.2) is 48.5 Å². The molecule has 0 N–H and O–H groups in total. The first-order chi connectivity index (χ1) is 15.2. The summed E-state index contributed by atoms with van der Waals surface area (Å²) in [6.07, 6.45) is 0.964. The first-order valence-corrected chi connectivity index (χ1v) is 10.7. The Morgan fingerprint density at radius 3 is 2.03 bits per heavy atom. The van der Waals surface area contributed by atoms with Crippen LogP contribution in [-0.2, 0) is 6.54 Å². The maximum atomic E-state index is 5.27. The second-order valence-corrected chi connectivity index (χ2v) is 7.69. The summed E-state index contributed by atoms with van der Waals surface area (Å²) in [5.41, 5.74) is 2.38. The van der Waals surface area contributed by atoms with E-state index in [1.165, 1.54) is 5.69 Å². The number of tetrazole rings is 1. The van der Waals surface area contributed by atoms with Crippen LogP contribution in [0.4, 0.5) is 5.69 Å². The number of hydrogen-bond acceptors (Lipinski definition) is 7. The highest BCUT2D eigenvalue weighted by atomic mass is 35.5. The van der Waals surface area contributed by atoms with Crippen molar-refractivity contribution >= 4 is 18.1 Å². The van der Waals surface area contributed by atoms with E-state index in [0.29, 0.717) is 6.54 Å². The van der Waals surface area contributed by atoms with E-state index in [2.05, 4.69) is 56.5 Å². The summed E-state index contributed by atoms with van der Waals surface area (Å²) in [4.78, 5) is 4.92. The van der Waals surface area contributed by atoms with Crippen molar-refractivity contribution in [1.29, 1.82) is 0 Å². The Kier molecular flexibility index (Phi) is 8.30. The summed E-state index contributed by atoms with van der Waals surface area (Å²) in [7, 11) is 3.37. The Morgan fingerprint density at radius 1 is 0.875 bits per heavy atom. The molecule has 2 aromatic carbocycles. The van der Waals surface area contributed by atoms with Crippen LogP contribution < -0.4 is 14.4 Å². The van der Waals surface area contributed by atoms with Gasteiger partial charge >= 0.3 is 0 Å². The predicted octanol–water partition coefficient (Wildman–Crippen LogP) is 3.43. The second kappa shape index (κ2) is 11.2. The van der Waals surface area contributed by atoms with Gasteiger partial charge in [-0.05, 0) is 58.8 Å². The van der Waals surface area contributed by atoms with E-state index in [-0.39, 0.29) is 18.4 Å². The molecule has 1 aliphatic rings. The molecular formula is C23H31ClN6O2. The zero-order chi connectivity index (χ0) is 21.6. The Balaban J connectivity index is 0.00000289. The third-order valence-corrected chi connectivity index (χ3v) is 5.93. The minimum absolute atomic E-state index is 0. The molecule has 2 heterocycles. The Morgan fingerprint density at radius 2 is 1.47 bits per heavy atom. The van der Waals surface area contributed by atoms with Gasteiger partial charge in [0.05, 0.1) is 26.8 Å². The van der Waals surface area contributed by atoms with E-state index in [4.69, 9.17) is 9.47 Å². The molecule has 4 rings (SSSR count). The van der Waals surface area contributed by atoms with Crippen LogP contribution in [0.2, 0.25) is 0 Å². The van der Waals surface area contributed by atoms with Gasteiger partial charge in [0.25, 0.3) is 0 Å². The highest BCUT2D eigenvalue weighted by molar-refractivity contribution is 5.85. The molecular weight excluding hydrogens is 428 g/mol. The average molecular weight is 459 g/mol. The van der Waals surface area contributed by atoms with Crippen molar-refractivity contribution in [2.24, 2.45) is 0 Å². The lowest BCUT2D eigenvalue weighted by Crippen LogP contribution is -2.48. The second-order valence-electron chi connectivity index (χ2n) is 7.69. The van der Waals surface area contributed by atoms with E-state index < -0.39 is 0 Å². The monoisotopic (exact) mass is 458 g/mol. The molecule has 0 radical (unpaired) electrons. The topological polar surface area (TPSA) is 68.5 Å². The largest absolute Gasteiger partial charge is 0.497 e. The van der Waals surface area contributed by atoms with Crippen molar-refractivity contribution in [2.45, 2.75) is 25.9 Å². The van der Waals surface area contributed by atoms with E-state index >= 15 is 0 Å². The quantitative estimate of drug-likeness (QED) is 0.512. The van der Waals surface area contributed by atoms with E-state index in [1.54, 1.807) is 14.2 Å². The fraction of sp³-hybridized carbons (Fsp3) is 0.435. The minimum Gasteiger partial charge on any atom is -0.497 e. The van der Waals surface area contributed by atoms with Gasteiger partial charge in [-0.1, -0.05) is 19.1 Å². The van der Waals surface area contributed by atoms with Crippen molar-refractivity contribution in [3.05, 3.63) is 59.9 Å². The number of piperazine rings is 1. The number of anilines is 1. The van der Waals surface area contributed by atoms with Crippen molar-refractivity contribution < 1.29 is 9.47 Å². The van der Waals surface area contributed by atoms with Crippen molar-refractivity contribution in [1.82, 2.24) is 25.1 Å². The summed E-state index contributed by atoms with van der Waals surface area (Å²) in [6, 6.07) is 16.5. The molecule has 0 saturated carbocycles. The standard InChI is InChI=1S/C23H30N6O2.ClH/c1-4-22(23-24-25-26-29(23)17-18-5-9-20(30-2)10-6-18)28-15-13-27(14-16-28)19-7-11-21(31-3)12-8-19;/h5-12,22H,4,13-17H2,1-3H3;1H. The highest BCUT2D eigenvalue weighted by Crippen LogP contribution is 2.26. The maximum Gasteiger partial charge on any atom is 0.168 e. The number of benzene rings is 2. The van der Waals surface area contributed by atoms with Crippen LogP contribution in [0.25, 0.3) is 0 Å². The molecule has 32 heavy (non-hydrogen) atoms. The van der Waals surface area contributed by atoms with E-state index in [1.807, 2.05) is 28.9 Å². The molecule has 1 fully saturated rings. The number of nitrogens with zero attached hydrogens (tertiary/aromatic N) is 6. The van der Waals surface area contributed by atoms with Gasteiger partial charge in [-0.15, -0.1) is 17.5 Å². The fourth-order valence-corrected chi connectivity index (χ4v) is 4.16. The molecule has 0 amide bonds. The molecule has 172 valence electrons. The molecule has 3 aromatic rings. The molecule has 1 aromatic heterocycles. The van der Waals surface area contributed by atoms with Crippen LogP contribution in [0, 0.1) is 0 Å².